The molecule has 1 unspecified atom stereocenters. The van der Waals surface area contributed by atoms with E-state index in [2.05, 4.69) is 10.3 Å². The lowest BCUT2D eigenvalue weighted by molar-refractivity contribution is -0.145. The highest BCUT2D eigenvalue weighted by molar-refractivity contribution is 7.87. The van der Waals surface area contributed by atoms with E-state index in [9.17, 15) is 26.4 Å². The van der Waals surface area contributed by atoms with Gasteiger partial charge in [-0.3, -0.25) is 14.1 Å². The van der Waals surface area contributed by atoms with Crippen molar-refractivity contribution in [3.63, 3.8) is 0 Å². The number of rotatable bonds is 12. The van der Waals surface area contributed by atoms with Gasteiger partial charge in [0.1, 0.15) is 5.01 Å². The zero-order valence-corrected chi connectivity index (χ0v) is 21.4. The average molecular weight is 558 g/mol. The molecule has 0 aliphatic rings. The molecule has 0 aliphatic carbocycles. The quantitative estimate of drug-likeness (QED) is 0.224. The number of carbonyl (C=O) groups is 1. The largest absolute Gasteiger partial charge is 0.469 e. The summed E-state index contributed by atoms with van der Waals surface area (Å²) in [5, 5.41) is 5.04. The van der Waals surface area contributed by atoms with E-state index in [0.717, 1.165) is 22.5 Å². The van der Waals surface area contributed by atoms with Crippen LogP contribution in [-0.4, -0.2) is 43.8 Å². The Bertz CT molecular complexity index is 1270. The van der Waals surface area contributed by atoms with Crippen molar-refractivity contribution in [1.82, 2.24) is 10.3 Å². The first kappa shape index (κ1) is 28.6. The first-order chi connectivity index (χ1) is 17.4. The number of halogens is 3. The molecule has 0 saturated heterocycles. The topological polar surface area (TPSA) is 118 Å². The zero-order valence-electron chi connectivity index (χ0n) is 19.7. The first-order valence-electron chi connectivity index (χ1n) is 11.1. The van der Waals surface area contributed by atoms with Crippen LogP contribution in [-0.2, 0) is 39.1 Å². The molecule has 0 fully saturated rings. The number of methoxy groups -OCH3 is 1. The van der Waals surface area contributed by atoms with Crippen molar-refractivity contribution >= 4 is 33.3 Å². The summed E-state index contributed by atoms with van der Waals surface area (Å²) in [4.78, 5) is 16.6. The van der Waals surface area contributed by atoms with Crippen LogP contribution in [0, 0.1) is 5.92 Å². The summed E-state index contributed by atoms with van der Waals surface area (Å²) < 4.78 is 76.5. The second-order valence-corrected chi connectivity index (χ2v) is 10.4. The zero-order chi connectivity index (χ0) is 27.1. The van der Waals surface area contributed by atoms with E-state index in [-0.39, 0.29) is 17.9 Å². The van der Waals surface area contributed by atoms with Gasteiger partial charge in [0.2, 0.25) is 0 Å². The van der Waals surface area contributed by atoms with Gasteiger partial charge in [-0.25, -0.2) is 4.98 Å². The van der Waals surface area contributed by atoms with Gasteiger partial charge in [-0.2, -0.15) is 21.6 Å². The maximum Gasteiger partial charge on any atom is 0.394 e. The second kappa shape index (κ2) is 12.5. The van der Waals surface area contributed by atoms with Crippen LogP contribution in [0.3, 0.4) is 0 Å². The molecule has 0 bridgehead atoms. The van der Waals surface area contributed by atoms with E-state index >= 15 is 0 Å². The Balaban J connectivity index is 1.80. The monoisotopic (exact) mass is 557 g/mol. The number of hydrogen-bond donors (Lipinski definition) is 3. The Hall–Kier alpha value is -3.00. The number of ether oxygens (including phenoxy) is 1. The Kier molecular flexibility index (Phi) is 9.65. The molecule has 200 valence electrons. The molecule has 3 N–H and O–H groups in total. The molecule has 37 heavy (non-hydrogen) atoms. The van der Waals surface area contributed by atoms with Crippen LogP contribution in [0.25, 0.3) is 0 Å². The molecule has 0 radical (unpaired) electrons. The second-order valence-electron chi connectivity index (χ2n) is 8.32. The molecular formula is C24H26F3N3O5S2. The third-order valence-corrected chi connectivity index (χ3v) is 6.86. The fourth-order valence-corrected chi connectivity index (χ4v) is 5.03. The third kappa shape index (κ3) is 9.76. The van der Waals surface area contributed by atoms with Gasteiger partial charge in [-0.1, -0.05) is 42.5 Å². The Morgan fingerprint density at radius 3 is 2.32 bits per heavy atom. The van der Waals surface area contributed by atoms with Crippen LogP contribution >= 0.6 is 11.3 Å². The lowest BCUT2D eigenvalue weighted by Crippen LogP contribution is -2.34. The van der Waals surface area contributed by atoms with Gasteiger partial charge in [-0.15, -0.1) is 11.3 Å². The highest BCUT2D eigenvalue weighted by Crippen LogP contribution is 2.27. The van der Waals surface area contributed by atoms with E-state index in [1.54, 1.807) is 12.1 Å². The summed E-state index contributed by atoms with van der Waals surface area (Å²) in [7, 11) is -3.13. The van der Waals surface area contributed by atoms with Gasteiger partial charge in [0, 0.05) is 11.9 Å². The minimum absolute atomic E-state index is 0.0965. The van der Waals surface area contributed by atoms with Crippen LogP contribution < -0.4 is 10.0 Å². The molecule has 0 saturated carbocycles. The average Bonchev–Trinajstić information content (AvgIpc) is 3.27. The predicted octanol–water partition coefficient (Wildman–Crippen LogP) is 4.37. The van der Waals surface area contributed by atoms with Crippen LogP contribution in [0.1, 0.15) is 27.9 Å². The lowest BCUT2D eigenvalue weighted by Gasteiger charge is -2.21. The maximum absolute atomic E-state index is 12.9. The number of esters is 1. The highest BCUT2D eigenvalue weighted by Gasteiger charge is 2.30. The number of nitrogens with zero attached hydrogens (tertiary/aromatic N) is 1. The van der Waals surface area contributed by atoms with Crippen LogP contribution in [0.4, 0.5) is 18.9 Å². The fourth-order valence-electron chi connectivity index (χ4n) is 3.70. The number of hydrogen-bond acceptors (Lipinski definition) is 7. The van der Waals surface area contributed by atoms with E-state index in [1.807, 2.05) is 35.1 Å². The standard InChI is InChI=1S/C24H26F3N3O5S2/c1-35-23(31)18(11-16-5-3-2-4-6-16)14-28-21(22-29-20(15-36-22)13-24(25,26)27)12-17-7-9-19(10-8-17)30-37(32,33)34/h2-10,15,18,21,28,30H,11-14H2,1H3,(H,32,33,34)/t18-,21?/m1/s1. The summed E-state index contributed by atoms with van der Waals surface area (Å²) in [6, 6.07) is 15.0. The number of benzene rings is 2. The highest BCUT2D eigenvalue weighted by atomic mass is 32.2. The van der Waals surface area contributed by atoms with E-state index < -0.39 is 40.8 Å². The van der Waals surface area contributed by atoms with Gasteiger partial charge in [0.25, 0.3) is 0 Å². The normalized spacial score (nSPS) is 13.6. The Morgan fingerprint density at radius 1 is 1.08 bits per heavy atom. The van der Waals surface area contributed by atoms with Gasteiger partial charge in [0.15, 0.2) is 0 Å². The molecule has 2 aromatic carbocycles. The fraction of sp³-hybridized carbons (Fsp3) is 0.333. The number of alkyl halides is 3. The van der Waals surface area contributed by atoms with Crippen molar-refractivity contribution in [2.75, 3.05) is 18.4 Å². The van der Waals surface area contributed by atoms with E-state index in [0.29, 0.717) is 17.8 Å². The number of aromatic nitrogens is 1. The van der Waals surface area contributed by atoms with E-state index in [1.165, 1.54) is 24.6 Å². The molecular weight excluding hydrogens is 531 g/mol. The molecule has 0 amide bonds. The summed E-state index contributed by atoms with van der Waals surface area (Å²) in [6.07, 6.45) is -4.84. The first-order valence-corrected chi connectivity index (χ1v) is 13.4. The van der Waals surface area contributed by atoms with Gasteiger partial charge in [0.05, 0.1) is 36.9 Å². The predicted molar refractivity (Wildman–Crippen MR) is 134 cm³/mol. The Labute approximate surface area is 216 Å². The molecule has 0 aliphatic heterocycles. The smallest absolute Gasteiger partial charge is 0.394 e. The van der Waals surface area contributed by atoms with Crippen LogP contribution in [0.15, 0.2) is 60.0 Å². The minimum atomic E-state index is -4.43. The summed E-state index contributed by atoms with van der Waals surface area (Å²) in [5.74, 6) is -0.974. The molecule has 13 heteroatoms. The summed E-state index contributed by atoms with van der Waals surface area (Å²) >= 11 is 1.08. The van der Waals surface area contributed by atoms with Crippen molar-refractivity contribution < 1.29 is 35.7 Å². The maximum atomic E-state index is 12.9. The van der Waals surface area contributed by atoms with Crippen molar-refractivity contribution in [2.24, 2.45) is 5.92 Å². The van der Waals surface area contributed by atoms with Gasteiger partial charge >= 0.3 is 22.4 Å². The third-order valence-electron chi connectivity index (χ3n) is 5.36. The van der Waals surface area contributed by atoms with Crippen molar-refractivity contribution in [3.05, 3.63) is 81.8 Å². The van der Waals surface area contributed by atoms with E-state index in [4.69, 9.17) is 9.29 Å². The van der Waals surface area contributed by atoms with Crippen LogP contribution in [0.2, 0.25) is 0 Å². The molecule has 1 aromatic heterocycles. The SMILES string of the molecule is COC(=O)[C@@H](CNC(Cc1ccc(NS(=O)(=O)O)cc1)c1nc(CC(F)(F)F)cs1)Cc1ccccc1. The molecule has 1 heterocycles. The minimum Gasteiger partial charge on any atom is -0.469 e. The molecule has 3 rings (SSSR count). The van der Waals surface area contributed by atoms with Crippen molar-refractivity contribution in [2.45, 2.75) is 31.5 Å². The molecule has 2 atom stereocenters. The molecule has 8 nitrogen and oxygen atoms in total. The van der Waals surface area contributed by atoms with Crippen molar-refractivity contribution in [3.8, 4) is 0 Å². The van der Waals surface area contributed by atoms with Gasteiger partial charge < -0.3 is 10.1 Å². The molecule has 3 aromatic rings. The molecule has 0 spiro atoms. The number of nitrogens with one attached hydrogen (secondary N) is 2. The van der Waals surface area contributed by atoms with Crippen molar-refractivity contribution in [1.29, 1.82) is 0 Å². The van der Waals surface area contributed by atoms with Crippen LogP contribution in [0.5, 0.6) is 0 Å². The number of thiazole rings is 1. The summed E-state index contributed by atoms with van der Waals surface area (Å²) in [5.41, 5.74) is 1.70. The number of anilines is 1. The Morgan fingerprint density at radius 2 is 1.73 bits per heavy atom. The summed E-state index contributed by atoms with van der Waals surface area (Å²) in [6.45, 7) is 0.183. The number of carbonyl (C=O) groups excluding carboxylic acids is 1. The van der Waals surface area contributed by atoms with Gasteiger partial charge in [-0.05, 0) is 36.1 Å². The lowest BCUT2D eigenvalue weighted by atomic mass is 9.98.